The lowest BCUT2D eigenvalue weighted by molar-refractivity contribution is -0.118. The lowest BCUT2D eigenvalue weighted by Gasteiger charge is -1.99. The van der Waals surface area contributed by atoms with Gasteiger partial charge in [0.15, 0.2) is 5.13 Å². The first-order chi connectivity index (χ1) is 8.15. The summed E-state index contributed by atoms with van der Waals surface area (Å²) in [5.74, 6) is -0.274. The largest absolute Gasteiger partial charge is 0.399 e. The van der Waals surface area contributed by atoms with Crippen molar-refractivity contribution >= 4 is 38.3 Å². The molecule has 17 heavy (non-hydrogen) atoms. The van der Waals surface area contributed by atoms with E-state index < -0.39 is 0 Å². The fourth-order valence-corrected chi connectivity index (χ4v) is 2.41. The molecule has 0 aliphatic rings. The first kappa shape index (κ1) is 11.7. The molecule has 0 fully saturated rings. The van der Waals surface area contributed by atoms with Gasteiger partial charge in [-0.2, -0.15) is 0 Å². The standard InChI is InChI=1S/C11H14N4OS/c12-7-3-4-8-9(6-7)17-11(15-8)14-5-1-2-10(13)16/h3-4,6H,1-2,5,12H2,(H2,13,16)(H,14,15). The Bertz CT molecular complexity index is 537. The molecule has 2 aromatic rings. The number of carbonyl (C=O) groups is 1. The average Bonchev–Trinajstić information content (AvgIpc) is 2.66. The minimum Gasteiger partial charge on any atom is -0.399 e. The van der Waals surface area contributed by atoms with E-state index in [9.17, 15) is 4.79 Å². The number of hydrogen-bond acceptors (Lipinski definition) is 5. The van der Waals surface area contributed by atoms with Crippen molar-refractivity contribution in [3.8, 4) is 0 Å². The molecule has 0 bridgehead atoms. The van der Waals surface area contributed by atoms with Crippen molar-refractivity contribution in [2.24, 2.45) is 5.73 Å². The number of fused-ring (bicyclic) bond motifs is 1. The number of nitrogen functional groups attached to an aromatic ring is 1. The average molecular weight is 250 g/mol. The SMILES string of the molecule is NC(=O)CCCNc1nc2ccc(N)cc2s1. The van der Waals surface area contributed by atoms with Crippen LogP contribution in [0.2, 0.25) is 0 Å². The predicted octanol–water partition coefficient (Wildman–Crippen LogP) is 1.56. The van der Waals surface area contributed by atoms with E-state index in [1.807, 2.05) is 18.2 Å². The number of hydrogen-bond donors (Lipinski definition) is 3. The van der Waals surface area contributed by atoms with Crippen molar-refractivity contribution in [3.05, 3.63) is 18.2 Å². The molecule has 0 aliphatic heterocycles. The van der Waals surface area contributed by atoms with Crippen LogP contribution in [0.1, 0.15) is 12.8 Å². The number of aromatic nitrogens is 1. The van der Waals surface area contributed by atoms with E-state index >= 15 is 0 Å². The van der Waals surface area contributed by atoms with Gasteiger partial charge in [-0.05, 0) is 24.6 Å². The number of nitrogens with zero attached hydrogens (tertiary/aromatic N) is 1. The fourth-order valence-electron chi connectivity index (χ4n) is 1.47. The van der Waals surface area contributed by atoms with Gasteiger partial charge in [0, 0.05) is 18.7 Å². The van der Waals surface area contributed by atoms with Crippen LogP contribution >= 0.6 is 11.3 Å². The number of carbonyl (C=O) groups excluding carboxylic acids is 1. The highest BCUT2D eigenvalue weighted by Crippen LogP contribution is 2.27. The lowest BCUT2D eigenvalue weighted by atomic mass is 10.3. The summed E-state index contributed by atoms with van der Waals surface area (Å²) in [7, 11) is 0. The molecule has 5 N–H and O–H groups in total. The zero-order valence-corrected chi connectivity index (χ0v) is 10.1. The first-order valence-electron chi connectivity index (χ1n) is 5.33. The Morgan fingerprint density at radius 1 is 1.47 bits per heavy atom. The van der Waals surface area contributed by atoms with Crippen LogP contribution in [0, 0.1) is 0 Å². The number of thiazole rings is 1. The van der Waals surface area contributed by atoms with Crippen LogP contribution in [0.4, 0.5) is 10.8 Å². The van der Waals surface area contributed by atoms with E-state index in [1.54, 1.807) is 11.3 Å². The smallest absolute Gasteiger partial charge is 0.217 e. The molecule has 0 spiro atoms. The molecule has 1 aromatic heterocycles. The monoisotopic (exact) mass is 250 g/mol. The van der Waals surface area contributed by atoms with Crippen LogP contribution in [0.25, 0.3) is 10.2 Å². The summed E-state index contributed by atoms with van der Waals surface area (Å²) in [4.78, 5) is 15.0. The van der Waals surface area contributed by atoms with Gasteiger partial charge in [-0.1, -0.05) is 11.3 Å². The van der Waals surface area contributed by atoms with Gasteiger partial charge in [0.2, 0.25) is 5.91 Å². The number of rotatable bonds is 5. The third-order valence-corrected chi connectivity index (χ3v) is 3.26. The van der Waals surface area contributed by atoms with Gasteiger partial charge in [0.1, 0.15) is 0 Å². The topological polar surface area (TPSA) is 94.0 Å². The van der Waals surface area contributed by atoms with Gasteiger partial charge in [-0.3, -0.25) is 4.79 Å². The van der Waals surface area contributed by atoms with Crippen LogP contribution in [-0.4, -0.2) is 17.4 Å². The normalized spacial score (nSPS) is 10.6. The lowest BCUT2D eigenvalue weighted by Crippen LogP contribution is -2.12. The van der Waals surface area contributed by atoms with Gasteiger partial charge in [-0.25, -0.2) is 4.98 Å². The maximum Gasteiger partial charge on any atom is 0.217 e. The molecule has 1 amide bonds. The van der Waals surface area contributed by atoms with Gasteiger partial charge >= 0.3 is 0 Å². The highest BCUT2D eigenvalue weighted by Gasteiger charge is 2.03. The van der Waals surface area contributed by atoms with Crippen LogP contribution in [0.15, 0.2) is 18.2 Å². The second kappa shape index (κ2) is 5.01. The van der Waals surface area contributed by atoms with E-state index in [4.69, 9.17) is 11.5 Å². The summed E-state index contributed by atoms with van der Waals surface area (Å²) in [5.41, 5.74) is 12.4. The Kier molecular flexibility index (Phi) is 3.43. The molecule has 1 heterocycles. The predicted molar refractivity (Wildman–Crippen MR) is 71.0 cm³/mol. The van der Waals surface area contributed by atoms with E-state index in [0.717, 1.165) is 21.0 Å². The molecule has 90 valence electrons. The summed E-state index contributed by atoms with van der Waals surface area (Å²) >= 11 is 1.55. The van der Waals surface area contributed by atoms with Gasteiger partial charge < -0.3 is 16.8 Å². The maximum absolute atomic E-state index is 10.6. The van der Waals surface area contributed by atoms with E-state index in [2.05, 4.69) is 10.3 Å². The molecule has 1 aromatic carbocycles. The first-order valence-corrected chi connectivity index (χ1v) is 6.15. The number of amides is 1. The molecule has 0 saturated heterocycles. The Morgan fingerprint density at radius 3 is 3.06 bits per heavy atom. The molecule has 6 heteroatoms. The van der Waals surface area contributed by atoms with Gasteiger partial charge in [-0.15, -0.1) is 0 Å². The van der Waals surface area contributed by atoms with E-state index in [-0.39, 0.29) is 5.91 Å². The Hall–Kier alpha value is -1.82. The molecular formula is C11H14N4OS. The quantitative estimate of drug-likeness (QED) is 0.554. The van der Waals surface area contributed by atoms with Gasteiger partial charge in [0.25, 0.3) is 0 Å². The zero-order valence-electron chi connectivity index (χ0n) is 9.27. The van der Waals surface area contributed by atoms with Crippen molar-refractivity contribution in [2.75, 3.05) is 17.6 Å². The Balaban J connectivity index is 1.97. The fraction of sp³-hybridized carbons (Fsp3) is 0.273. The van der Waals surface area contributed by atoms with Crippen LogP contribution in [-0.2, 0) is 4.79 Å². The van der Waals surface area contributed by atoms with Crippen molar-refractivity contribution in [1.29, 1.82) is 0 Å². The molecule has 0 atom stereocenters. The second-order valence-electron chi connectivity index (χ2n) is 3.74. The summed E-state index contributed by atoms with van der Waals surface area (Å²) in [5, 5.41) is 4.01. The maximum atomic E-state index is 10.6. The number of benzene rings is 1. The molecular weight excluding hydrogens is 236 g/mol. The molecule has 2 rings (SSSR count). The number of anilines is 2. The van der Waals surface area contributed by atoms with Gasteiger partial charge in [0.05, 0.1) is 10.2 Å². The number of primary amides is 1. The summed E-state index contributed by atoms with van der Waals surface area (Å²) < 4.78 is 1.06. The minimum absolute atomic E-state index is 0.274. The second-order valence-corrected chi connectivity index (χ2v) is 4.77. The molecule has 0 aliphatic carbocycles. The molecule has 0 unspecified atom stereocenters. The Labute approximate surface area is 103 Å². The molecule has 0 radical (unpaired) electrons. The van der Waals surface area contributed by atoms with E-state index in [1.165, 1.54) is 0 Å². The Morgan fingerprint density at radius 2 is 2.29 bits per heavy atom. The number of nitrogens with two attached hydrogens (primary N) is 2. The summed E-state index contributed by atoms with van der Waals surface area (Å²) in [6.07, 6.45) is 1.11. The molecule has 0 saturated carbocycles. The van der Waals surface area contributed by atoms with Crippen LogP contribution in [0.5, 0.6) is 0 Å². The van der Waals surface area contributed by atoms with Crippen molar-refractivity contribution in [2.45, 2.75) is 12.8 Å². The summed E-state index contributed by atoms with van der Waals surface area (Å²) in [6, 6.07) is 5.64. The highest BCUT2D eigenvalue weighted by molar-refractivity contribution is 7.22. The van der Waals surface area contributed by atoms with Crippen LogP contribution in [0.3, 0.4) is 0 Å². The van der Waals surface area contributed by atoms with Crippen molar-refractivity contribution in [1.82, 2.24) is 4.98 Å². The zero-order chi connectivity index (χ0) is 12.3. The highest BCUT2D eigenvalue weighted by atomic mass is 32.1. The van der Waals surface area contributed by atoms with Crippen molar-refractivity contribution < 1.29 is 4.79 Å². The van der Waals surface area contributed by atoms with E-state index in [0.29, 0.717) is 19.4 Å². The van der Waals surface area contributed by atoms with Crippen LogP contribution < -0.4 is 16.8 Å². The third kappa shape index (κ3) is 3.07. The molecule has 5 nitrogen and oxygen atoms in total. The van der Waals surface area contributed by atoms with Crippen molar-refractivity contribution in [3.63, 3.8) is 0 Å². The third-order valence-electron chi connectivity index (χ3n) is 2.29. The minimum atomic E-state index is -0.274. The number of nitrogens with one attached hydrogen (secondary N) is 1. The summed E-state index contributed by atoms with van der Waals surface area (Å²) in [6.45, 7) is 0.693.